The molecule has 3 unspecified atom stereocenters. The summed E-state index contributed by atoms with van der Waals surface area (Å²) in [6, 6.07) is 1.47. The second kappa shape index (κ2) is 5.55. The molecule has 0 aliphatic carbocycles. The van der Waals surface area contributed by atoms with Crippen LogP contribution < -0.4 is 5.73 Å². The summed E-state index contributed by atoms with van der Waals surface area (Å²) in [5, 5.41) is 0.811. The minimum atomic E-state index is 0.671. The Bertz CT molecular complexity index is 198. The summed E-state index contributed by atoms with van der Waals surface area (Å²) in [7, 11) is 0. The van der Waals surface area contributed by atoms with Crippen molar-refractivity contribution in [3.8, 4) is 0 Å². The number of piperidine rings is 1. The van der Waals surface area contributed by atoms with E-state index < -0.39 is 0 Å². The molecule has 2 aliphatic heterocycles. The van der Waals surface area contributed by atoms with Gasteiger partial charge in [-0.2, -0.15) is 11.8 Å². The Balaban J connectivity index is 1.99. The van der Waals surface area contributed by atoms with Crippen LogP contribution in [-0.2, 0) is 0 Å². The molecule has 0 amide bonds. The maximum absolute atomic E-state index is 5.90. The van der Waals surface area contributed by atoms with E-state index in [0.29, 0.717) is 6.04 Å². The van der Waals surface area contributed by atoms with Gasteiger partial charge in [0.05, 0.1) is 0 Å². The molecule has 15 heavy (non-hydrogen) atoms. The van der Waals surface area contributed by atoms with Crippen LogP contribution in [0.5, 0.6) is 0 Å². The Labute approximate surface area is 98.0 Å². The third-order valence-electron chi connectivity index (χ3n) is 3.94. The average Bonchev–Trinajstić information content (AvgIpc) is 2.30. The van der Waals surface area contributed by atoms with E-state index in [1.54, 1.807) is 0 Å². The lowest BCUT2D eigenvalue weighted by Crippen LogP contribution is -2.53. The summed E-state index contributed by atoms with van der Waals surface area (Å²) in [5.41, 5.74) is 5.90. The molecule has 3 heteroatoms. The number of nitrogens with zero attached hydrogens (tertiary/aromatic N) is 1. The second-order valence-corrected chi connectivity index (χ2v) is 6.39. The number of hydrogen-bond acceptors (Lipinski definition) is 3. The van der Waals surface area contributed by atoms with Crippen LogP contribution in [0.15, 0.2) is 0 Å². The average molecular weight is 228 g/mol. The van der Waals surface area contributed by atoms with Crippen molar-refractivity contribution in [2.24, 2.45) is 5.73 Å². The fourth-order valence-corrected chi connectivity index (χ4v) is 4.28. The molecule has 0 saturated carbocycles. The van der Waals surface area contributed by atoms with E-state index in [4.69, 9.17) is 5.73 Å². The van der Waals surface area contributed by atoms with Crippen LogP contribution in [-0.4, -0.2) is 41.1 Å². The van der Waals surface area contributed by atoms with E-state index >= 15 is 0 Å². The van der Waals surface area contributed by atoms with E-state index in [1.165, 1.54) is 44.4 Å². The molecular formula is C12H24N2S. The fourth-order valence-electron chi connectivity index (χ4n) is 3.06. The maximum Gasteiger partial charge on any atom is 0.0221 e. The summed E-state index contributed by atoms with van der Waals surface area (Å²) in [6.45, 7) is 4.54. The van der Waals surface area contributed by atoms with E-state index in [2.05, 4.69) is 23.6 Å². The first-order valence-electron chi connectivity index (χ1n) is 6.40. The molecule has 2 rings (SSSR count). The van der Waals surface area contributed by atoms with Gasteiger partial charge in [-0.05, 0) is 38.0 Å². The van der Waals surface area contributed by atoms with Gasteiger partial charge in [0.1, 0.15) is 0 Å². The van der Waals surface area contributed by atoms with Gasteiger partial charge >= 0.3 is 0 Å². The summed E-state index contributed by atoms with van der Waals surface area (Å²) in [4.78, 5) is 2.72. The van der Waals surface area contributed by atoms with Crippen molar-refractivity contribution in [1.29, 1.82) is 0 Å². The van der Waals surface area contributed by atoms with Gasteiger partial charge in [0.2, 0.25) is 0 Å². The van der Waals surface area contributed by atoms with Crippen molar-refractivity contribution in [1.82, 2.24) is 4.90 Å². The van der Waals surface area contributed by atoms with Gasteiger partial charge in [-0.3, -0.25) is 4.90 Å². The summed E-state index contributed by atoms with van der Waals surface area (Å²) >= 11 is 2.15. The van der Waals surface area contributed by atoms with Crippen molar-refractivity contribution < 1.29 is 0 Å². The fraction of sp³-hybridized carbons (Fsp3) is 1.00. The molecule has 0 bridgehead atoms. The topological polar surface area (TPSA) is 29.3 Å². The molecule has 3 atom stereocenters. The highest BCUT2D eigenvalue weighted by Gasteiger charge is 2.32. The Morgan fingerprint density at radius 3 is 2.87 bits per heavy atom. The second-order valence-electron chi connectivity index (χ2n) is 4.91. The molecule has 2 N–H and O–H groups in total. The number of likely N-dealkylation sites (tertiary alicyclic amines) is 1. The summed E-state index contributed by atoms with van der Waals surface area (Å²) in [5.74, 6) is 1.36. The van der Waals surface area contributed by atoms with Gasteiger partial charge < -0.3 is 5.73 Å². The highest BCUT2D eigenvalue weighted by atomic mass is 32.2. The minimum Gasteiger partial charge on any atom is -0.329 e. The molecule has 2 nitrogen and oxygen atoms in total. The lowest BCUT2D eigenvalue weighted by atomic mass is 9.96. The van der Waals surface area contributed by atoms with Crippen LogP contribution in [0.4, 0.5) is 0 Å². The normalized spacial score (nSPS) is 39.2. The number of hydrogen-bond donors (Lipinski definition) is 1. The number of nitrogens with two attached hydrogens (primary N) is 1. The van der Waals surface area contributed by atoms with E-state index in [9.17, 15) is 0 Å². The van der Waals surface area contributed by atoms with Crippen LogP contribution >= 0.6 is 11.8 Å². The molecule has 2 fully saturated rings. The first kappa shape index (κ1) is 11.7. The molecule has 0 spiro atoms. The third kappa shape index (κ3) is 2.69. The molecule has 2 saturated heterocycles. The van der Waals surface area contributed by atoms with E-state index in [-0.39, 0.29) is 0 Å². The van der Waals surface area contributed by atoms with Crippen molar-refractivity contribution in [2.45, 2.75) is 56.4 Å². The first-order chi connectivity index (χ1) is 7.33. The zero-order valence-electron chi connectivity index (χ0n) is 9.82. The highest BCUT2D eigenvalue weighted by Crippen LogP contribution is 2.32. The Morgan fingerprint density at radius 2 is 2.13 bits per heavy atom. The third-order valence-corrected chi connectivity index (χ3v) is 5.30. The smallest absolute Gasteiger partial charge is 0.0221 e. The Hall–Kier alpha value is 0.270. The van der Waals surface area contributed by atoms with Gasteiger partial charge in [-0.15, -0.1) is 0 Å². The zero-order valence-corrected chi connectivity index (χ0v) is 10.6. The van der Waals surface area contributed by atoms with Crippen LogP contribution in [0.2, 0.25) is 0 Å². The summed E-state index contributed by atoms with van der Waals surface area (Å²) < 4.78 is 0. The predicted octanol–water partition coefficient (Wildman–Crippen LogP) is 2.08. The standard InChI is InChI=1S/C12H24N2S/c1-10-12(6-4-8-15-10)14-7-3-2-5-11(14)9-13/h10-12H,2-9,13H2,1H3. The molecule has 88 valence electrons. The van der Waals surface area contributed by atoms with Gasteiger partial charge in [0.25, 0.3) is 0 Å². The number of rotatable bonds is 2. The largest absolute Gasteiger partial charge is 0.329 e. The summed E-state index contributed by atoms with van der Waals surface area (Å²) in [6.07, 6.45) is 6.87. The first-order valence-corrected chi connectivity index (χ1v) is 7.45. The Morgan fingerprint density at radius 1 is 1.27 bits per heavy atom. The van der Waals surface area contributed by atoms with E-state index in [1.807, 2.05) is 0 Å². The zero-order chi connectivity index (χ0) is 10.7. The molecule has 0 aromatic heterocycles. The van der Waals surface area contributed by atoms with Crippen molar-refractivity contribution >= 4 is 11.8 Å². The van der Waals surface area contributed by atoms with Crippen LogP contribution in [0.1, 0.15) is 39.0 Å². The van der Waals surface area contributed by atoms with Gasteiger partial charge in [-0.1, -0.05) is 13.3 Å². The lowest BCUT2D eigenvalue weighted by Gasteiger charge is -2.44. The SMILES string of the molecule is CC1SCCCC1N1CCCCC1CN. The van der Waals surface area contributed by atoms with E-state index in [0.717, 1.165) is 17.8 Å². The molecular weight excluding hydrogens is 204 g/mol. The monoisotopic (exact) mass is 228 g/mol. The van der Waals surface area contributed by atoms with Crippen molar-refractivity contribution in [3.05, 3.63) is 0 Å². The van der Waals surface area contributed by atoms with Crippen molar-refractivity contribution in [2.75, 3.05) is 18.8 Å². The molecule has 0 aromatic rings. The van der Waals surface area contributed by atoms with Gasteiger partial charge in [0.15, 0.2) is 0 Å². The molecule has 2 aliphatic rings. The minimum absolute atomic E-state index is 0.671. The van der Waals surface area contributed by atoms with Gasteiger partial charge in [0, 0.05) is 23.9 Å². The number of thioether (sulfide) groups is 1. The lowest BCUT2D eigenvalue weighted by molar-refractivity contribution is 0.0918. The van der Waals surface area contributed by atoms with Crippen LogP contribution in [0.3, 0.4) is 0 Å². The predicted molar refractivity (Wildman–Crippen MR) is 68.3 cm³/mol. The molecule has 0 aromatic carbocycles. The van der Waals surface area contributed by atoms with Gasteiger partial charge in [-0.25, -0.2) is 0 Å². The van der Waals surface area contributed by atoms with Crippen molar-refractivity contribution in [3.63, 3.8) is 0 Å². The quantitative estimate of drug-likeness (QED) is 0.784. The molecule has 0 radical (unpaired) electrons. The highest BCUT2D eigenvalue weighted by molar-refractivity contribution is 7.99. The Kier molecular flexibility index (Phi) is 4.35. The maximum atomic E-state index is 5.90. The van der Waals surface area contributed by atoms with Crippen LogP contribution in [0, 0.1) is 0 Å². The molecule has 2 heterocycles. The van der Waals surface area contributed by atoms with Crippen LogP contribution in [0.25, 0.3) is 0 Å².